The molecule has 20 heavy (non-hydrogen) atoms. The molecule has 0 bridgehead atoms. The minimum absolute atomic E-state index is 0.342. The van der Waals surface area contributed by atoms with Gasteiger partial charge in [-0.05, 0) is 44.6 Å². The van der Waals surface area contributed by atoms with E-state index in [1.807, 2.05) is 0 Å². The Morgan fingerprint density at radius 2 is 2.00 bits per heavy atom. The quantitative estimate of drug-likeness (QED) is 0.817. The Labute approximate surface area is 123 Å². The summed E-state index contributed by atoms with van der Waals surface area (Å²) in [6, 6.07) is 6.77. The zero-order valence-corrected chi connectivity index (χ0v) is 13.5. The molecule has 1 aromatic carbocycles. The van der Waals surface area contributed by atoms with Gasteiger partial charge in [-0.2, -0.15) is 0 Å². The Morgan fingerprint density at radius 1 is 1.30 bits per heavy atom. The van der Waals surface area contributed by atoms with Gasteiger partial charge in [0.05, 0.1) is 7.11 Å². The summed E-state index contributed by atoms with van der Waals surface area (Å²) in [4.78, 5) is 0. The second kappa shape index (κ2) is 6.62. The Kier molecular flexibility index (Phi) is 5.09. The van der Waals surface area contributed by atoms with Crippen LogP contribution in [0.2, 0.25) is 0 Å². The van der Waals surface area contributed by atoms with Crippen molar-refractivity contribution in [1.29, 1.82) is 0 Å². The predicted molar refractivity (Wildman–Crippen MR) is 85.3 cm³/mol. The number of hydrogen-bond acceptors (Lipinski definition) is 2. The molecule has 112 valence electrons. The topological polar surface area (TPSA) is 21.3 Å². The van der Waals surface area contributed by atoms with Crippen LogP contribution in [0.3, 0.4) is 0 Å². The maximum atomic E-state index is 5.50. The van der Waals surface area contributed by atoms with Crippen LogP contribution in [0.5, 0.6) is 5.75 Å². The minimum atomic E-state index is 0.342. The average Bonchev–Trinajstić information content (AvgIpc) is 2.94. The number of benzene rings is 1. The molecule has 1 atom stereocenters. The maximum Gasteiger partial charge on any atom is 0.123 e. The first kappa shape index (κ1) is 15.4. The largest absolute Gasteiger partial charge is 0.496 e. The molecule has 1 unspecified atom stereocenters. The molecule has 1 aromatic rings. The zero-order chi connectivity index (χ0) is 14.6. The predicted octanol–water partition coefficient (Wildman–Crippen LogP) is 4.62. The number of ether oxygens (including phenoxy) is 1. The molecule has 1 fully saturated rings. The van der Waals surface area contributed by atoms with Gasteiger partial charge in [-0.25, -0.2) is 0 Å². The van der Waals surface area contributed by atoms with E-state index in [9.17, 15) is 0 Å². The lowest BCUT2D eigenvalue weighted by Crippen LogP contribution is -2.33. The molecule has 0 spiro atoms. The van der Waals surface area contributed by atoms with Crippen LogP contribution >= 0.6 is 0 Å². The van der Waals surface area contributed by atoms with Gasteiger partial charge in [0.25, 0.3) is 0 Å². The summed E-state index contributed by atoms with van der Waals surface area (Å²) in [5.41, 5.74) is 3.10. The van der Waals surface area contributed by atoms with Crippen LogP contribution in [0.15, 0.2) is 18.2 Å². The molecule has 0 amide bonds. The number of hydrogen-bond donors (Lipinski definition) is 1. The number of methoxy groups -OCH3 is 1. The Balaban J connectivity index is 2.04. The first-order chi connectivity index (χ1) is 9.60. The van der Waals surface area contributed by atoms with Crippen LogP contribution < -0.4 is 10.1 Å². The van der Waals surface area contributed by atoms with Crippen molar-refractivity contribution in [1.82, 2.24) is 5.32 Å². The van der Waals surface area contributed by atoms with E-state index in [1.54, 1.807) is 7.11 Å². The van der Waals surface area contributed by atoms with E-state index in [0.717, 1.165) is 12.3 Å². The molecule has 2 nitrogen and oxygen atoms in total. The molecule has 0 heterocycles. The van der Waals surface area contributed by atoms with E-state index in [-0.39, 0.29) is 0 Å². The van der Waals surface area contributed by atoms with Gasteiger partial charge in [-0.3, -0.25) is 0 Å². The van der Waals surface area contributed by atoms with Crippen LogP contribution in [0.4, 0.5) is 0 Å². The molecule has 0 aromatic heterocycles. The van der Waals surface area contributed by atoms with Gasteiger partial charge in [0.15, 0.2) is 0 Å². The SMILES string of the molecule is CCC1(CNC(C)c2cc(C)ccc2OC)CCCC1. The highest BCUT2D eigenvalue weighted by atomic mass is 16.5. The van der Waals surface area contributed by atoms with Crippen molar-refractivity contribution in [2.24, 2.45) is 5.41 Å². The van der Waals surface area contributed by atoms with Crippen molar-refractivity contribution < 1.29 is 4.74 Å². The normalized spacial score (nSPS) is 19.0. The summed E-state index contributed by atoms with van der Waals surface area (Å²) < 4.78 is 5.50. The van der Waals surface area contributed by atoms with Crippen molar-refractivity contribution in [2.75, 3.05) is 13.7 Å². The number of aryl methyl sites for hydroxylation is 1. The highest BCUT2D eigenvalue weighted by molar-refractivity contribution is 5.38. The van der Waals surface area contributed by atoms with Gasteiger partial charge in [-0.15, -0.1) is 0 Å². The van der Waals surface area contributed by atoms with Crippen LogP contribution in [-0.2, 0) is 0 Å². The minimum Gasteiger partial charge on any atom is -0.496 e. The van der Waals surface area contributed by atoms with Crippen LogP contribution in [-0.4, -0.2) is 13.7 Å². The third-order valence-electron chi connectivity index (χ3n) is 5.05. The summed E-state index contributed by atoms with van der Waals surface area (Å²) in [5, 5.41) is 3.75. The molecule has 1 aliphatic carbocycles. The molecular formula is C18H29NO. The van der Waals surface area contributed by atoms with Gasteiger partial charge >= 0.3 is 0 Å². The van der Waals surface area contributed by atoms with E-state index in [0.29, 0.717) is 11.5 Å². The number of rotatable bonds is 6. The van der Waals surface area contributed by atoms with Crippen LogP contribution in [0, 0.1) is 12.3 Å². The molecule has 1 saturated carbocycles. The molecule has 1 N–H and O–H groups in total. The zero-order valence-electron chi connectivity index (χ0n) is 13.5. The van der Waals surface area contributed by atoms with Gasteiger partial charge in [0, 0.05) is 18.2 Å². The van der Waals surface area contributed by atoms with Crippen LogP contribution in [0.25, 0.3) is 0 Å². The maximum absolute atomic E-state index is 5.50. The van der Waals surface area contributed by atoms with E-state index in [2.05, 4.69) is 44.3 Å². The smallest absolute Gasteiger partial charge is 0.123 e. The molecule has 0 aliphatic heterocycles. The summed E-state index contributed by atoms with van der Waals surface area (Å²) in [6.07, 6.45) is 6.86. The first-order valence-corrected chi connectivity index (χ1v) is 7.98. The van der Waals surface area contributed by atoms with Crippen molar-refractivity contribution in [3.8, 4) is 5.75 Å². The van der Waals surface area contributed by atoms with E-state index in [4.69, 9.17) is 4.74 Å². The van der Waals surface area contributed by atoms with Gasteiger partial charge in [0.2, 0.25) is 0 Å². The van der Waals surface area contributed by atoms with E-state index in [1.165, 1.54) is 43.2 Å². The molecule has 0 saturated heterocycles. The fraction of sp³-hybridized carbons (Fsp3) is 0.667. The summed E-state index contributed by atoms with van der Waals surface area (Å²) >= 11 is 0. The molecule has 2 rings (SSSR count). The third kappa shape index (κ3) is 3.35. The van der Waals surface area contributed by atoms with Gasteiger partial charge in [0.1, 0.15) is 5.75 Å². The van der Waals surface area contributed by atoms with Crippen molar-refractivity contribution in [2.45, 2.75) is 58.9 Å². The molecule has 2 heteroatoms. The molecule has 0 radical (unpaired) electrons. The third-order valence-corrected chi connectivity index (χ3v) is 5.05. The fourth-order valence-electron chi connectivity index (χ4n) is 3.45. The Morgan fingerprint density at radius 3 is 2.60 bits per heavy atom. The standard InChI is InChI=1S/C18H29NO/c1-5-18(10-6-7-11-18)13-19-15(3)16-12-14(2)8-9-17(16)20-4/h8-9,12,15,19H,5-7,10-11,13H2,1-4H3. The van der Waals surface area contributed by atoms with Crippen molar-refractivity contribution >= 4 is 0 Å². The van der Waals surface area contributed by atoms with Gasteiger partial charge < -0.3 is 10.1 Å². The summed E-state index contributed by atoms with van der Waals surface area (Å²) in [6.45, 7) is 7.85. The Bertz CT molecular complexity index is 435. The molecule has 1 aliphatic rings. The highest BCUT2D eigenvalue weighted by Crippen LogP contribution is 2.40. The van der Waals surface area contributed by atoms with Crippen molar-refractivity contribution in [3.05, 3.63) is 29.3 Å². The van der Waals surface area contributed by atoms with Crippen LogP contribution in [0.1, 0.15) is 63.1 Å². The summed E-state index contributed by atoms with van der Waals surface area (Å²) in [7, 11) is 1.76. The fourth-order valence-corrected chi connectivity index (χ4v) is 3.45. The lowest BCUT2D eigenvalue weighted by Gasteiger charge is -2.30. The second-order valence-corrected chi connectivity index (χ2v) is 6.41. The lowest BCUT2D eigenvalue weighted by molar-refractivity contribution is 0.257. The van der Waals surface area contributed by atoms with E-state index >= 15 is 0 Å². The van der Waals surface area contributed by atoms with Gasteiger partial charge in [-0.1, -0.05) is 37.5 Å². The monoisotopic (exact) mass is 275 g/mol. The second-order valence-electron chi connectivity index (χ2n) is 6.41. The average molecular weight is 275 g/mol. The Hall–Kier alpha value is -1.02. The van der Waals surface area contributed by atoms with Crippen molar-refractivity contribution in [3.63, 3.8) is 0 Å². The first-order valence-electron chi connectivity index (χ1n) is 7.98. The highest BCUT2D eigenvalue weighted by Gasteiger charge is 2.32. The van der Waals surface area contributed by atoms with E-state index < -0.39 is 0 Å². The number of nitrogens with one attached hydrogen (secondary N) is 1. The lowest BCUT2D eigenvalue weighted by atomic mass is 9.83. The molecular weight excluding hydrogens is 246 g/mol. The summed E-state index contributed by atoms with van der Waals surface area (Å²) in [5.74, 6) is 0.993.